The number of aliphatic hydroxyl groups is 1. The number of ether oxygens (including phenoxy) is 4. The average Bonchev–Trinajstić information content (AvgIpc) is 3.45. The summed E-state index contributed by atoms with van der Waals surface area (Å²) in [5.41, 5.74) is 0. The second-order valence-electron chi connectivity index (χ2n) is 24.3. The smallest absolute Gasteiger partial charge is 0.462 e. The fourth-order valence-corrected chi connectivity index (χ4v) is 11.0. The highest BCUT2D eigenvalue weighted by molar-refractivity contribution is 7.47. The first-order valence-corrected chi connectivity index (χ1v) is 36.4. The molecule has 3 unspecified atom stereocenters. The van der Waals surface area contributed by atoms with E-state index in [1.54, 1.807) is 0 Å². The highest BCUT2D eigenvalue weighted by Gasteiger charge is 2.30. The van der Waals surface area contributed by atoms with Crippen LogP contribution in [0.15, 0.2) is 0 Å². The van der Waals surface area contributed by atoms with Crippen molar-refractivity contribution in [3.63, 3.8) is 0 Å². The normalized spacial score (nSPS) is 14.7. The van der Waals surface area contributed by atoms with E-state index in [9.17, 15) is 43.2 Å². The minimum Gasteiger partial charge on any atom is -0.462 e. The zero-order valence-electron chi connectivity index (χ0n) is 53.6. The fourth-order valence-electron chi connectivity index (χ4n) is 9.45. The van der Waals surface area contributed by atoms with Gasteiger partial charge in [0, 0.05) is 25.7 Å². The first kappa shape index (κ1) is 81.1. The Labute approximate surface area is 505 Å². The molecule has 0 aromatic carbocycles. The molecule has 0 aliphatic heterocycles. The number of phosphoric acid groups is 2. The van der Waals surface area contributed by atoms with Crippen LogP contribution in [0, 0.1) is 17.8 Å². The van der Waals surface area contributed by atoms with Crippen LogP contribution in [-0.2, 0) is 65.4 Å². The van der Waals surface area contributed by atoms with Gasteiger partial charge in [-0.25, -0.2) is 9.13 Å². The molecule has 17 nitrogen and oxygen atoms in total. The zero-order valence-corrected chi connectivity index (χ0v) is 55.4. The molecule has 19 heteroatoms. The Kier molecular flexibility index (Phi) is 54.1. The lowest BCUT2D eigenvalue weighted by molar-refractivity contribution is -0.161. The number of rotatable bonds is 62. The Morgan fingerprint density at radius 3 is 0.916 bits per heavy atom. The minimum absolute atomic E-state index is 0.102. The Hall–Kier alpha value is -1.94. The van der Waals surface area contributed by atoms with Gasteiger partial charge in [0.25, 0.3) is 0 Å². The minimum atomic E-state index is -4.94. The van der Waals surface area contributed by atoms with Gasteiger partial charge in [0.2, 0.25) is 0 Å². The number of carbonyl (C=O) groups excluding carboxylic acids is 4. The molecule has 0 rings (SSSR count). The maximum absolute atomic E-state index is 13.0. The quantitative estimate of drug-likeness (QED) is 0.0222. The Morgan fingerprint density at radius 1 is 0.349 bits per heavy atom. The maximum atomic E-state index is 13.0. The van der Waals surface area contributed by atoms with Crippen molar-refractivity contribution >= 4 is 39.5 Å². The van der Waals surface area contributed by atoms with Crippen molar-refractivity contribution in [3.05, 3.63) is 0 Å². The standard InChI is InChI=1S/C64H124O17P2/c1-8-10-11-12-13-17-23-31-38-45-61(66)74-52-60(81-64(69)48-41-34-27-26-30-37-44-57(7)9-2)54-79-83(72,73)77-50-58(65)49-76-82(70,71)78-53-59(51-75-62(67)46-39-32-25-20-22-29-36-43-56(5)6)80-63(68)47-40-33-24-19-16-14-15-18-21-28-35-42-55(3)4/h55-60,65H,8-54H2,1-7H3,(H,70,71)(H,72,73)/t57?,58-,59-,60-/m1/s1. The highest BCUT2D eigenvalue weighted by atomic mass is 31.2. The van der Waals surface area contributed by atoms with Crippen molar-refractivity contribution in [2.45, 2.75) is 330 Å². The lowest BCUT2D eigenvalue weighted by atomic mass is 10.00. The van der Waals surface area contributed by atoms with Crippen molar-refractivity contribution in [2.24, 2.45) is 17.8 Å². The van der Waals surface area contributed by atoms with Gasteiger partial charge >= 0.3 is 39.5 Å². The van der Waals surface area contributed by atoms with Crippen molar-refractivity contribution in [1.29, 1.82) is 0 Å². The number of aliphatic hydroxyl groups excluding tert-OH is 1. The van der Waals surface area contributed by atoms with Gasteiger partial charge in [-0.3, -0.25) is 37.3 Å². The molecule has 0 aliphatic carbocycles. The summed E-state index contributed by atoms with van der Waals surface area (Å²) in [5.74, 6) is 0.0511. The monoisotopic (exact) mass is 1230 g/mol. The Balaban J connectivity index is 5.24. The van der Waals surface area contributed by atoms with E-state index in [4.69, 9.17) is 37.0 Å². The van der Waals surface area contributed by atoms with E-state index < -0.39 is 97.5 Å². The third-order valence-corrected chi connectivity index (χ3v) is 16.9. The van der Waals surface area contributed by atoms with Gasteiger partial charge in [-0.15, -0.1) is 0 Å². The second kappa shape index (κ2) is 55.4. The summed E-state index contributed by atoms with van der Waals surface area (Å²) in [5, 5.41) is 10.5. The van der Waals surface area contributed by atoms with E-state index in [2.05, 4.69) is 48.5 Å². The van der Waals surface area contributed by atoms with Gasteiger partial charge < -0.3 is 33.8 Å². The van der Waals surface area contributed by atoms with E-state index in [1.807, 2.05) is 0 Å². The summed E-state index contributed by atoms with van der Waals surface area (Å²) in [6.07, 6.45) is 36.3. The van der Waals surface area contributed by atoms with Crippen LogP contribution >= 0.6 is 15.6 Å². The number of hydrogen-bond donors (Lipinski definition) is 3. The molecule has 3 N–H and O–H groups in total. The van der Waals surface area contributed by atoms with Crippen LogP contribution in [0.25, 0.3) is 0 Å². The summed E-state index contributed by atoms with van der Waals surface area (Å²) in [6, 6.07) is 0. The molecule has 0 saturated heterocycles. The van der Waals surface area contributed by atoms with Crippen LogP contribution < -0.4 is 0 Å². The van der Waals surface area contributed by atoms with Gasteiger partial charge in [0.15, 0.2) is 12.2 Å². The molecule has 0 radical (unpaired) electrons. The highest BCUT2D eigenvalue weighted by Crippen LogP contribution is 2.45. The number of carbonyl (C=O) groups is 4. The molecule has 0 bridgehead atoms. The Bertz CT molecular complexity index is 1650. The van der Waals surface area contributed by atoms with Gasteiger partial charge in [-0.05, 0) is 43.4 Å². The van der Waals surface area contributed by atoms with Crippen molar-refractivity contribution in [3.8, 4) is 0 Å². The number of unbranched alkanes of at least 4 members (excludes halogenated alkanes) is 29. The van der Waals surface area contributed by atoms with Crippen LogP contribution in [-0.4, -0.2) is 96.7 Å². The molecule has 492 valence electrons. The van der Waals surface area contributed by atoms with Crippen LogP contribution in [0.5, 0.6) is 0 Å². The summed E-state index contributed by atoms with van der Waals surface area (Å²) in [6.45, 7) is 11.7. The lowest BCUT2D eigenvalue weighted by Gasteiger charge is -2.21. The third-order valence-electron chi connectivity index (χ3n) is 15.0. The van der Waals surface area contributed by atoms with Crippen LogP contribution in [0.3, 0.4) is 0 Å². The van der Waals surface area contributed by atoms with Crippen LogP contribution in [0.4, 0.5) is 0 Å². The number of esters is 4. The first-order valence-electron chi connectivity index (χ1n) is 33.4. The molecule has 0 amide bonds. The zero-order chi connectivity index (χ0) is 61.7. The van der Waals surface area contributed by atoms with Crippen molar-refractivity contribution in [1.82, 2.24) is 0 Å². The van der Waals surface area contributed by atoms with E-state index in [-0.39, 0.29) is 25.7 Å². The molecule has 0 aliphatic rings. The third kappa shape index (κ3) is 57.6. The largest absolute Gasteiger partial charge is 0.472 e. The summed E-state index contributed by atoms with van der Waals surface area (Å²) >= 11 is 0. The van der Waals surface area contributed by atoms with Gasteiger partial charge in [-0.2, -0.15) is 0 Å². The first-order chi connectivity index (χ1) is 39.8. The SMILES string of the molecule is CCCCCCCCCCCC(=O)OC[C@H](COP(=O)(O)OC[C@H](O)COP(=O)(O)OC[C@@H](COC(=O)CCCCCCCCCC(C)C)OC(=O)CCCCCCCCCCCCCC(C)C)OC(=O)CCCCCCCCC(C)CC. The molecule has 0 fully saturated rings. The van der Waals surface area contributed by atoms with E-state index in [1.165, 1.54) is 116 Å². The molecule has 83 heavy (non-hydrogen) atoms. The molecular formula is C64H124O17P2. The Morgan fingerprint density at radius 2 is 0.614 bits per heavy atom. The molecule has 0 heterocycles. The van der Waals surface area contributed by atoms with Crippen molar-refractivity contribution < 1.29 is 80.2 Å². The average molecular weight is 1230 g/mol. The van der Waals surface area contributed by atoms with E-state index in [0.29, 0.717) is 31.6 Å². The van der Waals surface area contributed by atoms with Gasteiger partial charge in [0.1, 0.15) is 19.3 Å². The molecule has 0 aromatic heterocycles. The van der Waals surface area contributed by atoms with Gasteiger partial charge in [-0.1, -0.05) is 260 Å². The van der Waals surface area contributed by atoms with Crippen LogP contribution in [0.2, 0.25) is 0 Å². The lowest BCUT2D eigenvalue weighted by Crippen LogP contribution is -2.30. The number of phosphoric ester groups is 2. The summed E-state index contributed by atoms with van der Waals surface area (Å²) < 4.78 is 68.0. The van der Waals surface area contributed by atoms with E-state index >= 15 is 0 Å². The molecule has 6 atom stereocenters. The van der Waals surface area contributed by atoms with Crippen molar-refractivity contribution in [2.75, 3.05) is 39.6 Å². The van der Waals surface area contributed by atoms with E-state index in [0.717, 1.165) is 108 Å². The van der Waals surface area contributed by atoms with Gasteiger partial charge in [0.05, 0.1) is 26.4 Å². The topological polar surface area (TPSA) is 237 Å². The fraction of sp³-hybridized carbons (Fsp3) is 0.938. The molecule has 0 spiro atoms. The van der Waals surface area contributed by atoms with Crippen LogP contribution in [0.1, 0.15) is 312 Å². The predicted octanol–water partition coefficient (Wildman–Crippen LogP) is 17.5. The number of hydrogen-bond acceptors (Lipinski definition) is 15. The summed E-state index contributed by atoms with van der Waals surface area (Å²) in [4.78, 5) is 72.2. The maximum Gasteiger partial charge on any atom is 0.472 e. The molecule has 0 aromatic rings. The predicted molar refractivity (Wildman–Crippen MR) is 331 cm³/mol. The molecular weight excluding hydrogens is 1100 g/mol. The molecule has 0 saturated carbocycles. The summed E-state index contributed by atoms with van der Waals surface area (Å²) in [7, 11) is -9.89. The second-order valence-corrected chi connectivity index (χ2v) is 27.3.